The van der Waals surface area contributed by atoms with E-state index in [0.717, 1.165) is 44.7 Å². The highest BCUT2D eigenvalue weighted by molar-refractivity contribution is 5.94. The van der Waals surface area contributed by atoms with Gasteiger partial charge >= 0.3 is 5.69 Å². The van der Waals surface area contributed by atoms with E-state index in [1.54, 1.807) is 18.2 Å². The Balaban J connectivity index is 1.29. The first-order chi connectivity index (χ1) is 13.7. The zero-order valence-electron chi connectivity index (χ0n) is 15.8. The molecular formula is C21H25N5O2. The van der Waals surface area contributed by atoms with Gasteiger partial charge in [-0.25, -0.2) is 4.79 Å². The van der Waals surface area contributed by atoms with Gasteiger partial charge in [-0.1, -0.05) is 30.3 Å². The molecule has 4 rings (SSSR count). The minimum Gasteiger partial charge on any atom is -0.325 e. The number of rotatable bonds is 5. The van der Waals surface area contributed by atoms with Crippen molar-refractivity contribution in [1.82, 2.24) is 19.8 Å². The molecule has 2 aromatic carbocycles. The highest BCUT2D eigenvalue weighted by Crippen LogP contribution is 2.15. The summed E-state index contributed by atoms with van der Waals surface area (Å²) in [6.45, 7) is 5.13. The van der Waals surface area contributed by atoms with E-state index in [2.05, 4.69) is 49.4 Å². The van der Waals surface area contributed by atoms with Gasteiger partial charge in [0.1, 0.15) is 0 Å². The molecule has 146 valence electrons. The first kappa shape index (κ1) is 18.5. The Morgan fingerprint density at radius 2 is 1.68 bits per heavy atom. The monoisotopic (exact) mass is 379 g/mol. The predicted octanol–water partition coefficient (Wildman–Crippen LogP) is 2.00. The summed E-state index contributed by atoms with van der Waals surface area (Å²) in [5.41, 5.74) is 3.19. The van der Waals surface area contributed by atoms with Gasteiger partial charge in [0, 0.05) is 25.3 Å². The molecule has 0 radical (unpaired) electrons. The van der Waals surface area contributed by atoms with E-state index in [-0.39, 0.29) is 11.6 Å². The van der Waals surface area contributed by atoms with Gasteiger partial charge in [-0.2, -0.15) is 0 Å². The Bertz CT molecular complexity index is 995. The fraction of sp³-hybridized carbons (Fsp3) is 0.333. The maximum atomic E-state index is 12.5. The van der Waals surface area contributed by atoms with Crippen molar-refractivity contribution in [2.24, 2.45) is 0 Å². The van der Waals surface area contributed by atoms with Gasteiger partial charge in [0.2, 0.25) is 5.91 Å². The SMILES string of the molecule is O=C(CN1CCCN(Cc2ccccc2)CC1)Nc1ccc2[nH]c(=O)[nH]c2c1. The third kappa shape index (κ3) is 4.68. The number of benzene rings is 2. The van der Waals surface area contributed by atoms with Crippen LogP contribution >= 0.6 is 0 Å². The number of amides is 1. The number of hydrogen-bond acceptors (Lipinski definition) is 4. The van der Waals surface area contributed by atoms with Gasteiger partial charge in [-0.15, -0.1) is 0 Å². The number of carbonyl (C=O) groups excluding carboxylic acids is 1. The van der Waals surface area contributed by atoms with Gasteiger partial charge in [0.25, 0.3) is 0 Å². The van der Waals surface area contributed by atoms with Crippen LogP contribution < -0.4 is 11.0 Å². The zero-order chi connectivity index (χ0) is 19.3. The Labute approximate surface area is 163 Å². The minimum absolute atomic E-state index is 0.0336. The molecule has 1 amide bonds. The van der Waals surface area contributed by atoms with Crippen molar-refractivity contribution < 1.29 is 4.79 Å². The molecule has 7 heteroatoms. The van der Waals surface area contributed by atoms with Crippen LogP contribution in [0.15, 0.2) is 53.3 Å². The van der Waals surface area contributed by atoms with Gasteiger partial charge < -0.3 is 15.3 Å². The van der Waals surface area contributed by atoms with Crippen LogP contribution in [-0.4, -0.2) is 58.4 Å². The summed E-state index contributed by atoms with van der Waals surface area (Å²) in [5.74, 6) is -0.0336. The fourth-order valence-corrected chi connectivity index (χ4v) is 3.70. The second kappa shape index (κ2) is 8.41. The molecule has 3 N–H and O–H groups in total. The summed E-state index contributed by atoms with van der Waals surface area (Å²) in [4.78, 5) is 33.9. The summed E-state index contributed by atoms with van der Waals surface area (Å²) in [6.07, 6.45) is 1.05. The molecule has 1 aliphatic heterocycles. The van der Waals surface area contributed by atoms with Crippen LogP contribution in [0.3, 0.4) is 0 Å². The van der Waals surface area contributed by atoms with Crippen molar-refractivity contribution in [2.75, 3.05) is 38.0 Å². The molecule has 0 atom stereocenters. The van der Waals surface area contributed by atoms with Crippen LogP contribution in [-0.2, 0) is 11.3 Å². The Hall–Kier alpha value is -2.90. The molecule has 1 saturated heterocycles. The van der Waals surface area contributed by atoms with Crippen molar-refractivity contribution in [3.05, 3.63) is 64.6 Å². The first-order valence-electron chi connectivity index (χ1n) is 9.66. The van der Waals surface area contributed by atoms with Gasteiger partial charge in [-0.3, -0.25) is 14.6 Å². The van der Waals surface area contributed by atoms with Crippen LogP contribution in [0, 0.1) is 0 Å². The summed E-state index contributed by atoms with van der Waals surface area (Å²) in [7, 11) is 0. The topological polar surface area (TPSA) is 84.2 Å². The maximum absolute atomic E-state index is 12.5. The number of carbonyl (C=O) groups is 1. The number of fused-ring (bicyclic) bond motifs is 1. The number of anilines is 1. The smallest absolute Gasteiger partial charge is 0.323 e. The predicted molar refractivity (Wildman–Crippen MR) is 110 cm³/mol. The lowest BCUT2D eigenvalue weighted by Gasteiger charge is -2.21. The minimum atomic E-state index is -0.247. The quantitative estimate of drug-likeness (QED) is 0.633. The largest absolute Gasteiger partial charge is 0.325 e. The van der Waals surface area contributed by atoms with E-state index in [9.17, 15) is 9.59 Å². The standard InChI is InChI=1S/C21H25N5O2/c27-20(22-17-7-8-18-19(13-17)24-21(28)23-18)15-26-10-4-9-25(11-12-26)14-16-5-2-1-3-6-16/h1-3,5-8,13H,4,9-12,14-15H2,(H,22,27)(H2,23,24,28). The summed E-state index contributed by atoms with van der Waals surface area (Å²) in [5, 5.41) is 2.93. The van der Waals surface area contributed by atoms with E-state index in [1.165, 1.54) is 5.56 Å². The van der Waals surface area contributed by atoms with Crippen molar-refractivity contribution in [3.63, 3.8) is 0 Å². The molecule has 1 fully saturated rings. The molecule has 0 saturated carbocycles. The van der Waals surface area contributed by atoms with E-state index in [0.29, 0.717) is 17.7 Å². The van der Waals surface area contributed by atoms with E-state index in [1.807, 2.05) is 6.07 Å². The molecule has 0 unspecified atom stereocenters. The van der Waals surface area contributed by atoms with E-state index in [4.69, 9.17) is 0 Å². The third-order valence-electron chi connectivity index (χ3n) is 5.10. The summed E-state index contributed by atoms with van der Waals surface area (Å²) >= 11 is 0. The molecule has 28 heavy (non-hydrogen) atoms. The van der Waals surface area contributed by atoms with Crippen LogP contribution in [0.4, 0.5) is 5.69 Å². The average Bonchev–Trinajstić information content (AvgIpc) is 2.91. The highest BCUT2D eigenvalue weighted by Gasteiger charge is 2.17. The maximum Gasteiger partial charge on any atom is 0.323 e. The van der Waals surface area contributed by atoms with Crippen molar-refractivity contribution in [1.29, 1.82) is 0 Å². The lowest BCUT2D eigenvalue weighted by Crippen LogP contribution is -2.36. The van der Waals surface area contributed by atoms with E-state index >= 15 is 0 Å². The van der Waals surface area contributed by atoms with Crippen molar-refractivity contribution in [2.45, 2.75) is 13.0 Å². The molecule has 0 aliphatic carbocycles. The molecule has 0 bridgehead atoms. The molecule has 3 aromatic rings. The first-order valence-corrected chi connectivity index (χ1v) is 9.66. The second-order valence-corrected chi connectivity index (χ2v) is 7.28. The average molecular weight is 379 g/mol. The molecular weight excluding hydrogens is 354 g/mol. The highest BCUT2D eigenvalue weighted by atomic mass is 16.2. The lowest BCUT2D eigenvalue weighted by atomic mass is 10.2. The Morgan fingerprint density at radius 1 is 0.929 bits per heavy atom. The zero-order valence-corrected chi connectivity index (χ0v) is 15.8. The molecule has 1 aliphatic rings. The Morgan fingerprint density at radius 3 is 2.54 bits per heavy atom. The third-order valence-corrected chi connectivity index (χ3v) is 5.10. The van der Waals surface area contributed by atoms with Crippen molar-refractivity contribution in [3.8, 4) is 0 Å². The van der Waals surface area contributed by atoms with Crippen LogP contribution in [0.25, 0.3) is 11.0 Å². The number of nitrogens with zero attached hydrogens (tertiary/aromatic N) is 2. The molecule has 2 heterocycles. The van der Waals surface area contributed by atoms with E-state index < -0.39 is 0 Å². The molecule has 7 nitrogen and oxygen atoms in total. The molecule has 0 spiro atoms. The van der Waals surface area contributed by atoms with Gasteiger partial charge in [0.05, 0.1) is 17.6 Å². The number of hydrogen-bond donors (Lipinski definition) is 3. The number of aromatic amines is 2. The normalized spacial score (nSPS) is 16.1. The fourth-order valence-electron chi connectivity index (χ4n) is 3.70. The number of imidazole rings is 1. The number of aromatic nitrogens is 2. The second-order valence-electron chi connectivity index (χ2n) is 7.28. The van der Waals surface area contributed by atoms with Crippen molar-refractivity contribution >= 4 is 22.6 Å². The number of nitrogens with one attached hydrogen (secondary N) is 3. The van der Waals surface area contributed by atoms with Crippen LogP contribution in [0.1, 0.15) is 12.0 Å². The van der Waals surface area contributed by atoms with Gasteiger partial charge in [0.15, 0.2) is 0 Å². The lowest BCUT2D eigenvalue weighted by molar-refractivity contribution is -0.117. The summed E-state index contributed by atoms with van der Waals surface area (Å²) < 4.78 is 0. The number of H-pyrrole nitrogens is 2. The molecule has 1 aromatic heterocycles. The summed E-state index contributed by atoms with van der Waals surface area (Å²) in [6, 6.07) is 15.9. The van der Waals surface area contributed by atoms with Crippen LogP contribution in [0.5, 0.6) is 0 Å². The van der Waals surface area contributed by atoms with Crippen LogP contribution in [0.2, 0.25) is 0 Å². The van der Waals surface area contributed by atoms with Gasteiger partial charge in [-0.05, 0) is 43.3 Å². The Kier molecular flexibility index (Phi) is 5.55.